The van der Waals surface area contributed by atoms with Gasteiger partial charge in [0, 0.05) is 18.1 Å². The van der Waals surface area contributed by atoms with Crippen LogP contribution in [0.1, 0.15) is 22.3 Å². The number of benzene rings is 3. The van der Waals surface area contributed by atoms with Crippen molar-refractivity contribution in [2.45, 2.75) is 29.1 Å². The first-order valence-corrected chi connectivity index (χ1v) is 11.8. The van der Waals surface area contributed by atoms with Crippen molar-refractivity contribution in [3.63, 3.8) is 0 Å². The Labute approximate surface area is 182 Å². The molecule has 0 saturated carbocycles. The molecule has 6 heteroatoms. The third kappa shape index (κ3) is 4.38. The van der Waals surface area contributed by atoms with Crippen molar-refractivity contribution in [1.29, 1.82) is 0 Å². The number of aromatic hydroxyl groups is 1. The average Bonchev–Trinajstić information content (AvgIpc) is 2.91. The molecule has 3 aromatic carbocycles. The first kappa shape index (κ1) is 20.9. The molecule has 0 unspecified atom stereocenters. The van der Waals surface area contributed by atoms with E-state index < -0.39 is 9.84 Å². The lowest BCUT2D eigenvalue weighted by molar-refractivity contribution is 0.352. The highest BCUT2D eigenvalue weighted by Gasteiger charge is 2.24. The van der Waals surface area contributed by atoms with Crippen molar-refractivity contribution in [3.8, 4) is 5.75 Å². The van der Waals surface area contributed by atoms with Crippen LogP contribution in [0.15, 0.2) is 70.5 Å². The summed E-state index contributed by atoms with van der Waals surface area (Å²) in [5, 5.41) is 11.2. The van der Waals surface area contributed by atoms with Crippen molar-refractivity contribution in [1.82, 2.24) is 4.90 Å². The van der Waals surface area contributed by atoms with E-state index in [1.807, 2.05) is 36.4 Å². The van der Waals surface area contributed by atoms with Crippen LogP contribution < -0.4 is 0 Å². The highest BCUT2D eigenvalue weighted by molar-refractivity contribution is 7.91. The van der Waals surface area contributed by atoms with Gasteiger partial charge in [0.2, 0.25) is 9.84 Å². The third-order valence-electron chi connectivity index (χ3n) is 5.65. The minimum atomic E-state index is -3.80. The van der Waals surface area contributed by atoms with E-state index in [1.165, 1.54) is 0 Å². The van der Waals surface area contributed by atoms with Crippen LogP contribution in [-0.4, -0.2) is 38.6 Å². The molecule has 156 valence electrons. The lowest BCUT2D eigenvalue weighted by Crippen LogP contribution is -2.20. The van der Waals surface area contributed by atoms with Gasteiger partial charge < -0.3 is 10.0 Å². The summed E-state index contributed by atoms with van der Waals surface area (Å²) in [7, 11) is -1.75. The molecule has 0 spiro atoms. The number of phenolic OH excluding ortho intramolecular Hbond substituents is 1. The number of rotatable bonds is 4. The molecule has 0 fully saturated rings. The van der Waals surface area contributed by atoms with E-state index in [0.29, 0.717) is 11.4 Å². The molecule has 0 amide bonds. The van der Waals surface area contributed by atoms with E-state index in [0.717, 1.165) is 48.2 Å². The number of nitrogens with zero attached hydrogens (tertiary/aromatic N) is 1. The molecule has 0 aliphatic carbocycles. The summed E-state index contributed by atoms with van der Waals surface area (Å²) < 4.78 is 26.4. The second-order valence-corrected chi connectivity index (χ2v) is 10.2. The SMILES string of the molecule is CN1CCc2cc(O)c(S(=O)(=O)c3ccc(Cc4ccc(Cl)cc4)cc3)cc2CC1. The number of hydrogen-bond acceptors (Lipinski definition) is 4. The van der Waals surface area contributed by atoms with Crippen LogP contribution >= 0.6 is 11.6 Å². The Balaban J connectivity index is 1.61. The zero-order chi connectivity index (χ0) is 21.3. The van der Waals surface area contributed by atoms with Gasteiger partial charge in [0.15, 0.2) is 0 Å². The molecule has 4 nitrogen and oxygen atoms in total. The largest absolute Gasteiger partial charge is 0.507 e. The van der Waals surface area contributed by atoms with Gasteiger partial charge >= 0.3 is 0 Å². The minimum absolute atomic E-state index is 0.0174. The van der Waals surface area contributed by atoms with Crippen LogP contribution in [0.25, 0.3) is 0 Å². The second kappa shape index (κ2) is 8.42. The zero-order valence-corrected chi connectivity index (χ0v) is 18.4. The molecule has 1 aliphatic rings. The average molecular weight is 442 g/mol. The Kier molecular flexibility index (Phi) is 5.87. The minimum Gasteiger partial charge on any atom is -0.507 e. The summed E-state index contributed by atoms with van der Waals surface area (Å²) in [5.74, 6) is -0.177. The van der Waals surface area contributed by atoms with Crippen LogP contribution in [-0.2, 0) is 29.1 Å². The smallest absolute Gasteiger partial charge is 0.210 e. The molecule has 0 aromatic heterocycles. The van der Waals surface area contributed by atoms with Gasteiger partial charge in [0.05, 0.1) is 4.90 Å². The monoisotopic (exact) mass is 441 g/mol. The fraction of sp³-hybridized carbons (Fsp3) is 0.250. The predicted molar refractivity (Wildman–Crippen MR) is 119 cm³/mol. The number of fused-ring (bicyclic) bond motifs is 1. The number of likely N-dealkylation sites (N-methyl/N-ethyl adjacent to an activating group) is 1. The number of hydrogen-bond donors (Lipinski definition) is 1. The maximum absolute atomic E-state index is 13.2. The Morgan fingerprint density at radius 2 is 1.43 bits per heavy atom. The maximum Gasteiger partial charge on any atom is 0.210 e. The quantitative estimate of drug-likeness (QED) is 0.647. The molecule has 4 rings (SSSR count). The van der Waals surface area contributed by atoms with E-state index in [-0.39, 0.29) is 15.5 Å². The van der Waals surface area contributed by atoms with Crippen LogP contribution in [0.3, 0.4) is 0 Å². The maximum atomic E-state index is 13.2. The van der Waals surface area contributed by atoms with Crippen LogP contribution in [0.2, 0.25) is 5.02 Å². The molecule has 0 radical (unpaired) electrons. The normalized spacial score (nSPS) is 14.9. The lowest BCUT2D eigenvalue weighted by Gasteiger charge is -2.12. The number of halogens is 1. The Morgan fingerprint density at radius 3 is 2.03 bits per heavy atom. The Hall–Kier alpha value is -2.34. The summed E-state index contributed by atoms with van der Waals surface area (Å²) in [4.78, 5) is 2.38. The number of phenols is 1. The van der Waals surface area contributed by atoms with Gasteiger partial charge in [-0.05, 0) is 85.0 Å². The molecule has 0 bridgehead atoms. The number of sulfone groups is 1. The fourth-order valence-electron chi connectivity index (χ4n) is 3.82. The third-order valence-corrected chi connectivity index (χ3v) is 7.70. The van der Waals surface area contributed by atoms with E-state index in [2.05, 4.69) is 11.9 Å². The van der Waals surface area contributed by atoms with Crippen molar-refractivity contribution in [3.05, 3.63) is 87.9 Å². The van der Waals surface area contributed by atoms with Crippen molar-refractivity contribution < 1.29 is 13.5 Å². The molecule has 0 saturated heterocycles. The van der Waals surface area contributed by atoms with Gasteiger partial charge in [-0.25, -0.2) is 8.42 Å². The van der Waals surface area contributed by atoms with E-state index >= 15 is 0 Å². The highest BCUT2D eigenvalue weighted by Crippen LogP contribution is 2.33. The second-order valence-electron chi connectivity index (χ2n) is 7.84. The van der Waals surface area contributed by atoms with Crippen molar-refractivity contribution in [2.24, 2.45) is 0 Å². The van der Waals surface area contributed by atoms with Crippen molar-refractivity contribution in [2.75, 3.05) is 20.1 Å². The standard InChI is InChI=1S/C24H24ClNO3S/c1-26-12-10-19-15-23(27)24(16-20(19)11-13-26)30(28,29)22-8-4-18(5-9-22)14-17-2-6-21(25)7-3-17/h2-9,15-16,27H,10-14H2,1H3. The van der Waals surface area contributed by atoms with Gasteiger partial charge in [0.1, 0.15) is 10.6 Å². The first-order chi connectivity index (χ1) is 14.3. The molecule has 1 N–H and O–H groups in total. The topological polar surface area (TPSA) is 57.6 Å². The van der Waals surface area contributed by atoms with Gasteiger partial charge in [-0.2, -0.15) is 0 Å². The fourth-order valence-corrected chi connectivity index (χ4v) is 5.33. The van der Waals surface area contributed by atoms with E-state index in [1.54, 1.807) is 24.3 Å². The highest BCUT2D eigenvalue weighted by atomic mass is 35.5. The summed E-state index contributed by atoms with van der Waals surface area (Å²) >= 11 is 5.93. The summed E-state index contributed by atoms with van der Waals surface area (Å²) in [6, 6.07) is 17.7. The van der Waals surface area contributed by atoms with Gasteiger partial charge in [0.25, 0.3) is 0 Å². The van der Waals surface area contributed by atoms with Gasteiger partial charge in [-0.15, -0.1) is 0 Å². The summed E-state index contributed by atoms with van der Waals surface area (Å²) in [6.07, 6.45) is 2.27. The molecule has 1 aliphatic heterocycles. The van der Waals surface area contributed by atoms with Gasteiger partial charge in [-0.3, -0.25) is 0 Å². The summed E-state index contributed by atoms with van der Waals surface area (Å²) in [5.41, 5.74) is 4.12. The zero-order valence-electron chi connectivity index (χ0n) is 16.8. The summed E-state index contributed by atoms with van der Waals surface area (Å²) in [6.45, 7) is 1.77. The first-order valence-electron chi connectivity index (χ1n) is 9.95. The van der Waals surface area contributed by atoms with Crippen LogP contribution in [0.5, 0.6) is 5.75 Å². The predicted octanol–water partition coefficient (Wildman–Crippen LogP) is 4.50. The van der Waals surface area contributed by atoms with Crippen LogP contribution in [0.4, 0.5) is 0 Å². The molecule has 1 heterocycles. The molecule has 30 heavy (non-hydrogen) atoms. The Morgan fingerprint density at radius 1 is 0.900 bits per heavy atom. The van der Waals surface area contributed by atoms with Crippen molar-refractivity contribution >= 4 is 21.4 Å². The van der Waals surface area contributed by atoms with Gasteiger partial charge in [-0.1, -0.05) is 35.9 Å². The molecular formula is C24H24ClNO3S. The van der Waals surface area contributed by atoms with E-state index in [9.17, 15) is 13.5 Å². The molecule has 3 aromatic rings. The van der Waals surface area contributed by atoms with E-state index in [4.69, 9.17) is 11.6 Å². The van der Waals surface area contributed by atoms with Crippen LogP contribution in [0, 0.1) is 0 Å². The molecule has 0 atom stereocenters. The molecular weight excluding hydrogens is 418 g/mol. The Bertz CT molecular complexity index is 1160. The lowest BCUT2D eigenvalue weighted by atomic mass is 10.0.